The predicted octanol–water partition coefficient (Wildman–Crippen LogP) is 6.06. The number of benzene rings is 1. The summed E-state index contributed by atoms with van der Waals surface area (Å²) >= 11 is 0. The number of hydrogen-bond donors (Lipinski definition) is 0. The summed E-state index contributed by atoms with van der Waals surface area (Å²) in [6.07, 6.45) is 0. The summed E-state index contributed by atoms with van der Waals surface area (Å²) in [5, 5.41) is 9.66. The van der Waals surface area contributed by atoms with Crippen LogP contribution in [0.15, 0.2) is 11.1 Å². The monoisotopic (exact) mass is 349 g/mol. The molecular formula is C23H31N3. The molecule has 0 amide bonds. The van der Waals surface area contributed by atoms with Gasteiger partial charge in [-0.2, -0.15) is 15.0 Å². The molecule has 4 unspecified atom stereocenters. The lowest BCUT2D eigenvalue weighted by Crippen LogP contribution is -2.24. The van der Waals surface area contributed by atoms with Crippen molar-refractivity contribution in [1.29, 1.82) is 0 Å². The zero-order valence-electron chi connectivity index (χ0n) is 17.7. The zero-order chi connectivity index (χ0) is 19.1. The van der Waals surface area contributed by atoms with Gasteiger partial charge in [0.25, 0.3) is 0 Å². The fourth-order valence-corrected chi connectivity index (χ4v) is 5.30. The topological polar surface area (TPSA) is 30.7 Å². The molecule has 0 N–H and O–H groups in total. The lowest BCUT2D eigenvalue weighted by molar-refractivity contribution is 0.513. The van der Waals surface area contributed by atoms with E-state index < -0.39 is 0 Å². The van der Waals surface area contributed by atoms with Gasteiger partial charge < -0.3 is 0 Å². The van der Waals surface area contributed by atoms with Gasteiger partial charge in [0.05, 0.1) is 0 Å². The van der Waals surface area contributed by atoms with Crippen LogP contribution in [0, 0.1) is 11.8 Å². The molecule has 2 aromatic rings. The van der Waals surface area contributed by atoms with E-state index in [0.29, 0.717) is 23.7 Å². The second-order valence-electron chi connectivity index (χ2n) is 8.73. The highest BCUT2D eigenvalue weighted by atomic mass is 15.4. The summed E-state index contributed by atoms with van der Waals surface area (Å²) in [6.45, 7) is 18.7. The van der Waals surface area contributed by atoms with E-state index in [1.54, 1.807) is 4.80 Å². The molecule has 2 aliphatic carbocycles. The number of rotatable bonds is 0. The first kappa shape index (κ1) is 17.5. The van der Waals surface area contributed by atoms with Crippen LogP contribution in [0.2, 0.25) is 0 Å². The molecule has 138 valence electrons. The van der Waals surface area contributed by atoms with Gasteiger partial charge in [0.15, 0.2) is 0 Å². The summed E-state index contributed by atoms with van der Waals surface area (Å²) in [5.74, 6) is 2.15. The first-order valence-corrected chi connectivity index (χ1v) is 9.93. The summed E-state index contributed by atoms with van der Waals surface area (Å²) in [6, 6.07) is 0. The Balaban J connectivity index is 2.27. The molecule has 26 heavy (non-hydrogen) atoms. The highest BCUT2D eigenvalue weighted by Gasteiger charge is 2.38. The Labute approximate surface area is 157 Å². The molecule has 1 heterocycles. The fraction of sp³-hybridized carbons (Fsp3) is 0.565. The molecular weight excluding hydrogens is 318 g/mol. The van der Waals surface area contributed by atoms with E-state index in [9.17, 15) is 0 Å². The number of allylic oxidation sites excluding steroid dienone is 4. The van der Waals surface area contributed by atoms with Crippen molar-refractivity contribution in [2.24, 2.45) is 18.9 Å². The summed E-state index contributed by atoms with van der Waals surface area (Å²) < 4.78 is 0. The van der Waals surface area contributed by atoms with Gasteiger partial charge in [-0.1, -0.05) is 38.8 Å². The molecule has 0 bridgehead atoms. The SMILES string of the molecule is CC1=C(C)C(C)C(C)c2c3c(c4nn(C)nc4c21)C(C)=C(C)C(C)C3C. The van der Waals surface area contributed by atoms with Crippen LogP contribution in [0.1, 0.15) is 89.5 Å². The molecule has 2 aliphatic rings. The summed E-state index contributed by atoms with van der Waals surface area (Å²) in [4.78, 5) is 1.75. The van der Waals surface area contributed by atoms with E-state index in [-0.39, 0.29) is 0 Å². The third kappa shape index (κ3) is 2.00. The Kier molecular flexibility index (Phi) is 3.74. The third-order valence-electron chi connectivity index (χ3n) is 7.73. The van der Waals surface area contributed by atoms with Crippen molar-refractivity contribution in [3.63, 3.8) is 0 Å². The number of aromatic nitrogens is 3. The number of aryl methyl sites for hydroxylation is 1. The largest absolute Gasteiger partial charge is 0.187 e. The first-order valence-electron chi connectivity index (χ1n) is 9.93. The van der Waals surface area contributed by atoms with Gasteiger partial charge in [0.1, 0.15) is 11.0 Å². The second kappa shape index (κ2) is 5.55. The molecule has 0 saturated heterocycles. The highest BCUT2D eigenvalue weighted by Crippen LogP contribution is 2.53. The van der Waals surface area contributed by atoms with Crippen molar-refractivity contribution < 1.29 is 0 Å². The second-order valence-corrected chi connectivity index (χ2v) is 8.73. The average molecular weight is 350 g/mol. The van der Waals surface area contributed by atoms with Crippen LogP contribution in [-0.2, 0) is 7.05 Å². The minimum Gasteiger partial charge on any atom is -0.187 e. The molecule has 1 aromatic carbocycles. The lowest BCUT2D eigenvalue weighted by atomic mass is 9.64. The number of fused-ring (bicyclic) bond motifs is 6. The van der Waals surface area contributed by atoms with E-state index in [0.717, 1.165) is 11.0 Å². The molecule has 4 rings (SSSR count). The van der Waals surface area contributed by atoms with Crippen molar-refractivity contribution >= 4 is 22.2 Å². The molecule has 4 atom stereocenters. The Morgan fingerprint density at radius 3 is 1.31 bits per heavy atom. The van der Waals surface area contributed by atoms with Gasteiger partial charge in [-0.25, -0.2) is 0 Å². The van der Waals surface area contributed by atoms with Crippen molar-refractivity contribution in [3.05, 3.63) is 33.4 Å². The van der Waals surface area contributed by atoms with Crippen LogP contribution < -0.4 is 0 Å². The molecule has 0 fully saturated rings. The molecule has 0 saturated carbocycles. The molecule has 3 nitrogen and oxygen atoms in total. The molecule has 3 heteroatoms. The number of nitrogens with zero attached hydrogens (tertiary/aromatic N) is 3. The first-order chi connectivity index (χ1) is 12.2. The van der Waals surface area contributed by atoms with Crippen molar-refractivity contribution in [2.45, 2.75) is 67.2 Å². The van der Waals surface area contributed by atoms with Crippen LogP contribution in [0.25, 0.3) is 22.2 Å². The maximum atomic E-state index is 4.83. The van der Waals surface area contributed by atoms with Gasteiger partial charge in [-0.15, -0.1) is 0 Å². The Bertz CT molecular complexity index is 923. The van der Waals surface area contributed by atoms with Crippen LogP contribution in [-0.4, -0.2) is 15.0 Å². The van der Waals surface area contributed by atoms with Gasteiger partial charge in [0.2, 0.25) is 0 Å². The molecule has 0 aliphatic heterocycles. The highest BCUT2D eigenvalue weighted by molar-refractivity contribution is 6.01. The Hall–Kier alpha value is -1.90. The van der Waals surface area contributed by atoms with Crippen molar-refractivity contribution in [2.75, 3.05) is 0 Å². The van der Waals surface area contributed by atoms with Crippen molar-refractivity contribution in [3.8, 4) is 0 Å². The smallest absolute Gasteiger partial charge is 0.121 e. The third-order valence-corrected chi connectivity index (χ3v) is 7.73. The van der Waals surface area contributed by atoms with E-state index >= 15 is 0 Å². The number of hydrogen-bond acceptors (Lipinski definition) is 2. The Morgan fingerprint density at radius 2 is 0.962 bits per heavy atom. The van der Waals surface area contributed by atoms with E-state index in [4.69, 9.17) is 10.2 Å². The van der Waals surface area contributed by atoms with Gasteiger partial charge in [0, 0.05) is 18.2 Å². The minimum absolute atomic E-state index is 0.509. The van der Waals surface area contributed by atoms with Crippen molar-refractivity contribution in [1.82, 2.24) is 15.0 Å². The van der Waals surface area contributed by atoms with Crippen LogP contribution in [0.3, 0.4) is 0 Å². The molecule has 0 radical (unpaired) electrons. The Morgan fingerprint density at radius 1 is 0.615 bits per heavy atom. The molecule has 1 aromatic heterocycles. The zero-order valence-corrected chi connectivity index (χ0v) is 17.7. The van der Waals surface area contributed by atoms with Gasteiger partial charge >= 0.3 is 0 Å². The summed E-state index contributed by atoms with van der Waals surface area (Å²) in [7, 11) is 1.94. The van der Waals surface area contributed by atoms with E-state index in [2.05, 4.69) is 55.4 Å². The summed E-state index contributed by atoms with van der Waals surface area (Å²) in [5.41, 5.74) is 13.8. The maximum absolute atomic E-state index is 4.83. The quantitative estimate of drug-likeness (QED) is 0.578. The van der Waals surface area contributed by atoms with Crippen LogP contribution >= 0.6 is 0 Å². The molecule has 0 spiro atoms. The predicted molar refractivity (Wildman–Crippen MR) is 110 cm³/mol. The average Bonchev–Trinajstić information content (AvgIpc) is 2.99. The maximum Gasteiger partial charge on any atom is 0.121 e. The van der Waals surface area contributed by atoms with Crippen LogP contribution in [0.4, 0.5) is 0 Å². The van der Waals surface area contributed by atoms with Gasteiger partial charge in [-0.3, -0.25) is 0 Å². The van der Waals surface area contributed by atoms with E-state index in [1.165, 1.54) is 44.5 Å². The standard InChI is InChI=1S/C23H31N3/c1-10-12(3)16(7)20-18(14(10)5)19-15(6)11(2)13(4)17(8)21(19)23-22(20)24-26(9)25-23/h10-11,14-15H,1-9H3. The normalized spacial score (nSPS) is 28.7. The lowest BCUT2D eigenvalue weighted by Gasteiger charge is -2.39. The van der Waals surface area contributed by atoms with Gasteiger partial charge in [-0.05, 0) is 73.6 Å². The minimum atomic E-state index is 0.509. The van der Waals surface area contributed by atoms with Crippen LogP contribution in [0.5, 0.6) is 0 Å². The van der Waals surface area contributed by atoms with E-state index in [1.807, 2.05) is 7.05 Å². The fourth-order valence-electron chi connectivity index (χ4n) is 5.30.